The number of urea groups is 1. The van der Waals surface area contributed by atoms with Crippen LogP contribution in [0.5, 0.6) is 0 Å². The van der Waals surface area contributed by atoms with Crippen LogP contribution in [0.15, 0.2) is 48.5 Å². The van der Waals surface area contributed by atoms with Crippen molar-refractivity contribution in [3.8, 4) is 0 Å². The smallest absolute Gasteiger partial charge is 0.335 e. The van der Waals surface area contributed by atoms with E-state index in [1.165, 1.54) is 23.1 Å². The van der Waals surface area contributed by atoms with Gasteiger partial charge in [-0.25, -0.2) is 9.59 Å². The summed E-state index contributed by atoms with van der Waals surface area (Å²) in [6.07, 6.45) is 5.26. The number of hydrogen-bond acceptors (Lipinski definition) is 6. The summed E-state index contributed by atoms with van der Waals surface area (Å²) in [6, 6.07) is 11.9. The van der Waals surface area contributed by atoms with E-state index in [0.717, 1.165) is 37.8 Å². The zero-order chi connectivity index (χ0) is 28.2. The van der Waals surface area contributed by atoms with Crippen LogP contribution in [0.1, 0.15) is 63.2 Å². The molecule has 2 aromatic rings. The maximum atomic E-state index is 13.9. The number of para-hydroxylation sites is 2. The Kier molecular flexibility index (Phi) is 8.42. The van der Waals surface area contributed by atoms with Gasteiger partial charge in [0.1, 0.15) is 18.2 Å². The van der Waals surface area contributed by atoms with E-state index in [1.54, 1.807) is 26.8 Å². The van der Waals surface area contributed by atoms with Crippen molar-refractivity contribution in [1.82, 2.24) is 5.32 Å². The minimum absolute atomic E-state index is 0.0285. The van der Waals surface area contributed by atoms with Crippen molar-refractivity contribution in [2.75, 3.05) is 28.2 Å². The summed E-state index contributed by atoms with van der Waals surface area (Å²) < 4.78 is 5.52. The Hall–Kier alpha value is -4.08. The molecule has 1 aliphatic carbocycles. The minimum atomic E-state index is -1.11. The minimum Gasteiger partial charge on any atom is -0.478 e. The molecule has 1 heterocycles. The predicted molar refractivity (Wildman–Crippen MR) is 148 cm³/mol. The Labute approximate surface area is 228 Å². The fourth-order valence-electron chi connectivity index (χ4n) is 5.18. The molecule has 1 aliphatic heterocycles. The van der Waals surface area contributed by atoms with Gasteiger partial charge in [-0.2, -0.15) is 0 Å². The molecule has 208 valence electrons. The van der Waals surface area contributed by atoms with E-state index in [2.05, 4.69) is 15.5 Å². The summed E-state index contributed by atoms with van der Waals surface area (Å²) in [7, 11) is 0. The van der Waals surface area contributed by atoms with Crippen molar-refractivity contribution >= 4 is 40.9 Å². The van der Waals surface area contributed by atoms with E-state index in [9.17, 15) is 24.3 Å². The molecule has 0 radical (unpaired) electrons. The van der Waals surface area contributed by atoms with Crippen molar-refractivity contribution < 1.29 is 29.0 Å². The molecule has 1 fully saturated rings. The Balaban J connectivity index is 1.64. The first-order valence-electron chi connectivity index (χ1n) is 13.3. The SMILES string of the molecule is CC(C)(C)OC(=O)CN1C(=O)[C@H](NC(=O)Nc2cccc(C(=O)O)c2)CN(C2CCCCC2)c2ccccc21. The number of anilines is 3. The quantitative estimate of drug-likeness (QED) is 0.467. The number of rotatable bonds is 6. The molecule has 2 aromatic carbocycles. The van der Waals surface area contributed by atoms with Gasteiger partial charge in [-0.1, -0.05) is 37.5 Å². The van der Waals surface area contributed by atoms with E-state index in [-0.39, 0.29) is 30.4 Å². The number of amides is 3. The van der Waals surface area contributed by atoms with Crippen LogP contribution < -0.4 is 20.4 Å². The van der Waals surface area contributed by atoms with Crippen molar-refractivity contribution in [1.29, 1.82) is 0 Å². The van der Waals surface area contributed by atoms with Crippen LogP contribution in [0.3, 0.4) is 0 Å². The van der Waals surface area contributed by atoms with Crippen molar-refractivity contribution in [3.63, 3.8) is 0 Å². The lowest BCUT2D eigenvalue weighted by molar-refractivity contribution is -0.153. The highest BCUT2D eigenvalue weighted by atomic mass is 16.6. The molecular weight excluding hydrogens is 500 g/mol. The van der Waals surface area contributed by atoms with E-state index in [4.69, 9.17) is 4.74 Å². The van der Waals surface area contributed by atoms with Crippen LogP contribution in [0.25, 0.3) is 0 Å². The molecule has 2 aliphatic rings. The Morgan fingerprint density at radius 2 is 1.69 bits per heavy atom. The molecule has 3 amide bonds. The van der Waals surface area contributed by atoms with Crippen molar-refractivity contribution in [3.05, 3.63) is 54.1 Å². The lowest BCUT2D eigenvalue weighted by Gasteiger charge is -2.37. The second-order valence-electron chi connectivity index (χ2n) is 11.0. The number of hydrogen-bond donors (Lipinski definition) is 3. The third kappa shape index (κ3) is 7.07. The first-order chi connectivity index (χ1) is 18.5. The number of aromatic carboxylic acids is 1. The Morgan fingerprint density at radius 1 is 1.00 bits per heavy atom. The van der Waals surface area contributed by atoms with Crippen LogP contribution in [-0.2, 0) is 14.3 Å². The summed E-state index contributed by atoms with van der Waals surface area (Å²) in [6.45, 7) is 5.23. The topological polar surface area (TPSA) is 128 Å². The van der Waals surface area contributed by atoms with Crippen LogP contribution >= 0.6 is 0 Å². The van der Waals surface area contributed by atoms with Gasteiger partial charge in [0.25, 0.3) is 5.91 Å². The molecule has 0 spiro atoms. The zero-order valence-electron chi connectivity index (χ0n) is 22.6. The normalized spacial score (nSPS) is 18.1. The summed E-state index contributed by atoms with van der Waals surface area (Å²) >= 11 is 0. The molecule has 3 N–H and O–H groups in total. The number of fused-ring (bicyclic) bond motifs is 1. The third-order valence-electron chi connectivity index (χ3n) is 6.82. The number of carboxylic acid groups (broad SMARTS) is 1. The van der Waals surface area contributed by atoms with Gasteiger partial charge >= 0.3 is 18.0 Å². The second-order valence-corrected chi connectivity index (χ2v) is 11.0. The summed E-state index contributed by atoms with van der Waals surface area (Å²) in [5, 5.41) is 14.7. The van der Waals surface area contributed by atoms with Gasteiger partial charge in [-0.05, 0) is 63.9 Å². The highest BCUT2D eigenvalue weighted by Gasteiger charge is 2.38. The highest BCUT2D eigenvalue weighted by molar-refractivity contribution is 6.06. The largest absolute Gasteiger partial charge is 0.478 e. The number of carbonyl (C=O) groups excluding carboxylic acids is 3. The van der Waals surface area contributed by atoms with Gasteiger partial charge in [0.05, 0.1) is 16.9 Å². The maximum Gasteiger partial charge on any atom is 0.335 e. The fraction of sp³-hybridized carbons (Fsp3) is 0.448. The van der Waals surface area contributed by atoms with Gasteiger partial charge in [-0.15, -0.1) is 0 Å². The van der Waals surface area contributed by atoms with E-state index >= 15 is 0 Å². The average molecular weight is 537 g/mol. The van der Waals surface area contributed by atoms with Gasteiger partial charge in [0, 0.05) is 18.3 Å². The molecular formula is C29H36N4O6. The van der Waals surface area contributed by atoms with Crippen molar-refractivity contribution in [2.45, 2.75) is 70.6 Å². The monoisotopic (exact) mass is 536 g/mol. The Morgan fingerprint density at radius 3 is 2.36 bits per heavy atom. The van der Waals surface area contributed by atoms with E-state index in [1.807, 2.05) is 24.3 Å². The van der Waals surface area contributed by atoms with Gasteiger partial charge in [0.2, 0.25) is 0 Å². The zero-order valence-corrected chi connectivity index (χ0v) is 22.6. The standard InChI is InChI=1S/C29H36N4O6/c1-29(2,3)39-25(34)18-33-24-15-8-7-14-23(24)32(21-12-5-4-6-13-21)17-22(26(33)35)31-28(38)30-20-11-9-10-19(16-20)27(36)37/h7-11,14-16,21-22H,4-6,12-13,17-18H2,1-3H3,(H,36,37)(H2,30,31,38)/t22-/m1/s1. The van der Waals surface area contributed by atoms with Gasteiger partial charge in [-0.3, -0.25) is 14.5 Å². The van der Waals surface area contributed by atoms with E-state index in [0.29, 0.717) is 5.69 Å². The highest BCUT2D eigenvalue weighted by Crippen LogP contribution is 2.37. The lowest BCUT2D eigenvalue weighted by Crippen LogP contribution is -2.55. The summed E-state index contributed by atoms with van der Waals surface area (Å²) in [4.78, 5) is 54.7. The third-order valence-corrected chi connectivity index (χ3v) is 6.82. The van der Waals surface area contributed by atoms with Crippen LogP contribution in [0, 0.1) is 0 Å². The predicted octanol–water partition coefficient (Wildman–Crippen LogP) is 4.40. The lowest BCUT2D eigenvalue weighted by atomic mass is 9.93. The maximum absolute atomic E-state index is 13.9. The van der Waals surface area contributed by atoms with Gasteiger partial charge < -0.3 is 25.4 Å². The number of esters is 1. The summed E-state index contributed by atoms with van der Waals surface area (Å²) in [5.74, 6) is -2.09. The molecule has 0 bridgehead atoms. The molecule has 10 nitrogen and oxygen atoms in total. The van der Waals surface area contributed by atoms with Crippen molar-refractivity contribution in [2.24, 2.45) is 0 Å². The average Bonchev–Trinajstić information content (AvgIpc) is 2.99. The Bertz CT molecular complexity index is 1230. The molecule has 0 saturated heterocycles. The molecule has 0 aromatic heterocycles. The molecule has 39 heavy (non-hydrogen) atoms. The number of benzene rings is 2. The van der Waals surface area contributed by atoms with Crippen LogP contribution in [0.2, 0.25) is 0 Å². The first kappa shape index (κ1) is 27.9. The molecule has 1 saturated carbocycles. The number of nitrogens with one attached hydrogen (secondary N) is 2. The van der Waals surface area contributed by atoms with E-state index < -0.39 is 35.5 Å². The number of nitrogens with zero attached hydrogens (tertiary/aromatic N) is 2. The molecule has 0 unspecified atom stereocenters. The first-order valence-corrected chi connectivity index (χ1v) is 13.3. The number of carboxylic acids is 1. The fourth-order valence-corrected chi connectivity index (χ4v) is 5.18. The second kappa shape index (κ2) is 11.8. The number of ether oxygens (including phenoxy) is 1. The van der Waals surface area contributed by atoms with Crippen LogP contribution in [-0.4, -0.2) is 59.8 Å². The number of carbonyl (C=O) groups is 4. The van der Waals surface area contributed by atoms with Crippen LogP contribution in [0.4, 0.5) is 21.9 Å². The summed E-state index contributed by atoms with van der Waals surface area (Å²) in [5.41, 5.74) is 1.02. The molecule has 1 atom stereocenters. The van der Waals surface area contributed by atoms with Gasteiger partial charge in [0.15, 0.2) is 0 Å². The molecule has 10 heteroatoms. The molecule has 4 rings (SSSR count).